The van der Waals surface area contributed by atoms with Crippen LogP contribution in [-0.2, 0) is 4.79 Å². The number of nitrogens with zero attached hydrogens (tertiary/aromatic N) is 3. The zero-order valence-corrected chi connectivity index (χ0v) is 19.7. The fraction of sp³-hybridized carbons (Fsp3) is 0.0625. The van der Waals surface area contributed by atoms with E-state index in [1.165, 1.54) is 16.4 Å². The second kappa shape index (κ2) is 8.95. The minimum absolute atomic E-state index is 0.130. The minimum atomic E-state index is -0.195. The first-order chi connectivity index (χ1) is 12.8. The molecule has 0 aliphatic rings. The molecule has 0 aliphatic carbocycles. The van der Waals surface area contributed by atoms with Gasteiger partial charge in [0.2, 0.25) is 11.1 Å². The largest absolute Gasteiger partial charge is 0.335 e. The van der Waals surface area contributed by atoms with Crippen molar-refractivity contribution < 1.29 is 4.79 Å². The number of hydrogen-bond donors (Lipinski definition) is 2. The lowest BCUT2D eigenvalue weighted by Crippen LogP contribution is -2.17. The van der Waals surface area contributed by atoms with Crippen molar-refractivity contribution in [1.29, 1.82) is 0 Å². The molecule has 140 valence electrons. The topological polar surface area (TPSA) is 85.8 Å². The van der Waals surface area contributed by atoms with E-state index in [4.69, 9.17) is 17.4 Å². The zero-order chi connectivity index (χ0) is 19.6. The molecule has 2 aromatic carbocycles. The predicted molar refractivity (Wildman–Crippen MR) is 120 cm³/mol. The van der Waals surface area contributed by atoms with Crippen LogP contribution in [0.15, 0.2) is 55.0 Å². The van der Waals surface area contributed by atoms with Gasteiger partial charge in [0.25, 0.3) is 0 Å². The van der Waals surface area contributed by atoms with Crippen LogP contribution in [-0.4, -0.2) is 26.5 Å². The summed E-state index contributed by atoms with van der Waals surface area (Å²) < 4.78 is 3.76. The lowest BCUT2D eigenvalue weighted by molar-refractivity contribution is -0.113. The van der Waals surface area contributed by atoms with E-state index in [1.54, 1.807) is 24.3 Å². The molecule has 0 bridgehead atoms. The first-order valence-electron chi connectivity index (χ1n) is 7.39. The van der Waals surface area contributed by atoms with E-state index in [0.29, 0.717) is 21.7 Å². The fourth-order valence-corrected chi connectivity index (χ4v) is 5.38. The SMILES string of the molecule is Nn1c(SCC(=O)Nc2c(Br)cc(Br)cc2Br)nnc1-c1ccc(Cl)cc1. The summed E-state index contributed by atoms with van der Waals surface area (Å²) in [7, 11) is 0. The number of nitrogen functional groups attached to an aromatic ring is 1. The van der Waals surface area contributed by atoms with Crippen LogP contribution in [0, 0.1) is 0 Å². The first kappa shape index (κ1) is 20.7. The van der Waals surface area contributed by atoms with Crippen molar-refractivity contribution in [2.24, 2.45) is 0 Å². The average molecular weight is 597 g/mol. The van der Waals surface area contributed by atoms with Crippen molar-refractivity contribution in [3.63, 3.8) is 0 Å². The molecule has 11 heteroatoms. The van der Waals surface area contributed by atoms with Crippen molar-refractivity contribution in [2.75, 3.05) is 16.9 Å². The summed E-state index contributed by atoms with van der Waals surface area (Å²) in [6.07, 6.45) is 0. The molecule has 27 heavy (non-hydrogen) atoms. The highest BCUT2D eigenvalue weighted by Crippen LogP contribution is 2.34. The average Bonchev–Trinajstić information content (AvgIpc) is 2.98. The van der Waals surface area contributed by atoms with Gasteiger partial charge in [0.05, 0.1) is 11.4 Å². The molecule has 0 saturated carbocycles. The Morgan fingerprint density at radius 3 is 2.41 bits per heavy atom. The molecule has 0 atom stereocenters. The highest BCUT2D eigenvalue weighted by atomic mass is 79.9. The Kier molecular flexibility index (Phi) is 6.85. The third-order valence-electron chi connectivity index (χ3n) is 3.37. The van der Waals surface area contributed by atoms with Gasteiger partial charge in [-0.25, -0.2) is 4.68 Å². The zero-order valence-electron chi connectivity index (χ0n) is 13.4. The minimum Gasteiger partial charge on any atom is -0.335 e. The van der Waals surface area contributed by atoms with Gasteiger partial charge in [-0.05, 0) is 68.3 Å². The van der Waals surface area contributed by atoms with E-state index >= 15 is 0 Å². The molecular weight excluding hydrogens is 585 g/mol. The highest BCUT2D eigenvalue weighted by molar-refractivity contribution is 9.11. The molecule has 0 unspecified atom stereocenters. The number of benzene rings is 2. The number of carbonyl (C=O) groups is 1. The molecule has 1 amide bonds. The van der Waals surface area contributed by atoms with E-state index in [2.05, 4.69) is 63.3 Å². The van der Waals surface area contributed by atoms with Crippen LogP contribution >= 0.6 is 71.2 Å². The molecular formula is C16H11Br3ClN5OS. The fourth-order valence-electron chi connectivity index (χ4n) is 2.14. The lowest BCUT2D eigenvalue weighted by Gasteiger charge is -2.10. The van der Waals surface area contributed by atoms with Crippen LogP contribution < -0.4 is 11.2 Å². The van der Waals surface area contributed by atoms with Crippen LogP contribution in [0.3, 0.4) is 0 Å². The van der Waals surface area contributed by atoms with Gasteiger partial charge in [-0.3, -0.25) is 4.79 Å². The monoisotopic (exact) mass is 593 g/mol. The summed E-state index contributed by atoms with van der Waals surface area (Å²) in [5.41, 5.74) is 1.44. The van der Waals surface area contributed by atoms with Gasteiger partial charge in [0, 0.05) is 24.0 Å². The van der Waals surface area contributed by atoms with Crippen molar-refractivity contribution in [2.45, 2.75) is 5.16 Å². The Morgan fingerprint density at radius 2 is 1.78 bits per heavy atom. The summed E-state index contributed by atoms with van der Waals surface area (Å²) >= 11 is 17.3. The van der Waals surface area contributed by atoms with Gasteiger partial charge >= 0.3 is 0 Å². The number of anilines is 1. The number of halogens is 4. The Bertz CT molecular complexity index is 973. The van der Waals surface area contributed by atoms with E-state index < -0.39 is 0 Å². The molecule has 1 heterocycles. The second-order valence-electron chi connectivity index (χ2n) is 5.26. The second-order valence-corrected chi connectivity index (χ2v) is 9.27. The Morgan fingerprint density at radius 1 is 1.15 bits per heavy atom. The third kappa shape index (κ3) is 5.05. The molecule has 0 radical (unpaired) electrons. The van der Waals surface area contributed by atoms with Gasteiger partial charge in [-0.2, -0.15) is 0 Å². The van der Waals surface area contributed by atoms with Gasteiger partial charge in [0.1, 0.15) is 0 Å². The summed E-state index contributed by atoms with van der Waals surface area (Å²) in [4.78, 5) is 12.3. The molecule has 3 rings (SSSR count). The number of nitrogens with one attached hydrogen (secondary N) is 1. The van der Waals surface area contributed by atoms with Crippen LogP contribution in [0.4, 0.5) is 5.69 Å². The van der Waals surface area contributed by atoms with E-state index in [1.807, 2.05) is 12.1 Å². The van der Waals surface area contributed by atoms with Gasteiger partial charge in [-0.1, -0.05) is 39.3 Å². The summed E-state index contributed by atoms with van der Waals surface area (Å²) in [6, 6.07) is 10.8. The standard InChI is InChI=1S/C16H11Br3ClN5OS/c17-9-5-11(18)14(12(19)6-9)22-13(26)7-27-16-24-23-15(25(16)21)8-1-3-10(20)4-2-8/h1-6H,7,21H2,(H,22,26). The maximum Gasteiger partial charge on any atom is 0.234 e. The molecule has 3 aromatic rings. The van der Waals surface area contributed by atoms with Crippen LogP contribution in [0.5, 0.6) is 0 Å². The van der Waals surface area contributed by atoms with Gasteiger partial charge < -0.3 is 11.2 Å². The number of thioether (sulfide) groups is 1. The Balaban J connectivity index is 1.67. The molecule has 6 nitrogen and oxygen atoms in total. The number of aromatic nitrogens is 3. The Hall–Kier alpha value is -1.07. The summed E-state index contributed by atoms with van der Waals surface area (Å²) in [5.74, 6) is 6.49. The maximum atomic E-state index is 12.3. The quantitative estimate of drug-likeness (QED) is 0.307. The van der Waals surface area contributed by atoms with Crippen molar-refractivity contribution in [3.05, 3.63) is 54.8 Å². The Labute approximate surface area is 189 Å². The third-order valence-corrected chi connectivity index (χ3v) is 6.27. The number of rotatable bonds is 5. The smallest absolute Gasteiger partial charge is 0.234 e. The van der Waals surface area contributed by atoms with Gasteiger partial charge in [-0.15, -0.1) is 10.2 Å². The predicted octanol–water partition coefficient (Wildman–Crippen LogP) is 5.33. The van der Waals surface area contributed by atoms with Gasteiger partial charge in [0.15, 0.2) is 5.82 Å². The number of hydrogen-bond acceptors (Lipinski definition) is 5. The van der Waals surface area contributed by atoms with Crippen LogP contribution in [0.2, 0.25) is 5.02 Å². The summed E-state index contributed by atoms with van der Waals surface area (Å²) in [6.45, 7) is 0. The van der Waals surface area contributed by atoms with E-state index in [0.717, 1.165) is 19.0 Å². The molecule has 3 N–H and O–H groups in total. The van der Waals surface area contributed by atoms with Crippen molar-refractivity contribution in [1.82, 2.24) is 14.9 Å². The first-order valence-corrected chi connectivity index (χ1v) is 11.1. The molecule has 0 spiro atoms. The van der Waals surface area contributed by atoms with Crippen molar-refractivity contribution >= 4 is 82.7 Å². The number of carbonyl (C=O) groups excluding carboxylic acids is 1. The van der Waals surface area contributed by atoms with Crippen LogP contribution in [0.1, 0.15) is 0 Å². The maximum absolute atomic E-state index is 12.3. The van der Waals surface area contributed by atoms with E-state index in [9.17, 15) is 4.79 Å². The lowest BCUT2D eigenvalue weighted by atomic mass is 10.2. The normalized spacial score (nSPS) is 10.8. The highest BCUT2D eigenvalue weighted by Gasteiger charge is 2.15. The molecule has 0 aliphatic heterocycles. The molecule has 1 aromatic heterocycles. The van der Waals surface area contributed by atoms with Crippen molar-refractivity contribution in [3.8, 4) is 11.4 Å². The number of nitrogens with two attached hydrogens (primary N) is 1. The van der Waals surface area contributed by atoms with E-state index in [-0.39, 0.29) is 11.7 Å². The van der Waals surface area contributed by atoms with Crippen LogP contribution in [0.25, 0.3) is 11.4 Å². The molecule has 0 fully saturated rings. The number of amides is 1. The molecule has 0 saturated heterocycles. The summed E-state index contributed by atoms with van der Waals surface area (Å²) in [5, 5.41) is 12.1.